The normalized spacial score (nSPS) is 10.7. The molecule has 0 fully saturated rings. The van der Waals surface area contributed by atoms with Crippen molar-refractivity contribution < 1.29 is 19.2 Å². The first-order valence-electron chi connectivity index (χ1n) is 8.14. The van der Waals surface area contributed by atoms with E-state index in [-0.39, 0.29) is 23.8 Å². The molecule has 0 heterocycles. The van der Waals surface area contributed by atoms with E-state index >= 15 is 0 Å². The molecule has 0 saturated carbocycles. The largest absolute Gasteiger partial charge is 0.496 e. The van der Waals surface area contributed by atoms with Crippen LogP contribution in [0.25, 0.3) is 0 Å². The van der Waals surface area contributed by atoms with Gasteiger partial charge in [0, 0.05) is 17.7 Å². The average molecular weight is 371 g/mol. The van der Waals surface area contributed by atoms with Crippen LogP contribution in [0, 0.1) is 24.0 Å². The number of nitro benzene ring substituents is 1. The van der Waals surface area contributed by atoms with Crippen LogP contribution in [0.15, 0.2) is 35.4 Å². The Hall–Kier alpha value is -3.42. The number of methoxy groups -OCH3 is 2. The number of hydrogen-bond donors (Lipinski definition) is 1. The number of hydrazone groups is 1. The number of nitrogens with one attached hydrogen (secondary N) is 1. The smallest absolute Gasteiger partial charge is 0.311 e. The standard InChI is InChI=1S/C19H21N3O5/c1-12-5-6-14(13(2)7-12)9-19(23)21-20-11-15-8-16(22(24)25)18(27-4)10-17(15)26-3/h5-8,10-11H,9H2,1-4H3,(H,21,23)/b20-11-. The highest BCUT2D eigenvalue weighted by atomic mass is 16.6. The van der Waals surface area contributed by atoms with Crippen molar-refractivity contribution in [3.05, 3.63) is 62.7 Å². The van der Waals surface area contributed by atoms with Crippen molar-refractivity contribution in [2.24, 2.45) is 5.10 Å². The quantitative estimate of drug-likeness (QED) is 0.458. The van der Waals surface area contributed by atoms with Crippen LogP contribution in [0.2, 0.25) is 0 Å². The molecule has 2 aromatic carbocycles. The summed E-state index contributed by atoms with van der Waals surface area (Å²) >= 11 is 0. The van der Waals surface area contributed by atoms with Crippen molar-refractivity contribution in [2.75, 3.05) is 14.2 Å². The minimum Gasteiger partial charge on any atom is -0.496 e. The van der Waals surface area contributed by atoms with Gasteiger partial charge in [-0.25, -0.2) is 5.43 Å². The van der Waals surface area contributed by atoms with Gasteiger partial charge in [0.1, 0.15) is 5.75 Å². The second-order valence-electron chi connectivity index (χ2n) is 5.92. The highest BCUT2D eigenvalue weighted by molar-refractivity contribution is 5.87. The summed E-state index contributed by atoms with van der Waals surface area (Å²) in [5.41, 5.74) is 5.61. The summed E-state index contributed by atoms with van der Waals surface area (Å²) < 4.78 is 10.2. The SMILES string of the molecule is COc1cc(OC)c([N+](=O)[O-])cc1/C=N\NC(=O)Cc1ccc(C)cc1C. The predicted molar refractivity (Wildman–Crippen MR) is 102 cm³/mol. The van der Waals surface area contributed by atoms with E-state index in [1.54, 1.807) is 0 Å². The molecule has 0 atom stereocenters. The molecule has 0 aliphatic carbocycles. The summed E-state index contributed by atoms with van der Waals surface area (Å²) in [4.78, 5) is 22.7. The van der Waals surface area contributed by atoms with Crippen LogP contribution in [0.1, 0.15) is 22.3 Å². The first-order valence-corrected chi connectivity index (χ1v) is 8.14. The maximum Gasteiger partial charge on any atom is 0.311 e. The van der Waals surface area contributed by atoms with Crippen molar-refractivity contribution in [3.63, 3.8) is 0 Å². The monoisotopic (exact) mass is 371 g/mol. The van der Waals surface area contributed by atoms with E-state index in [0.29, 0.717) is 11.3 Å². The molecule has 0 radical (unpaired) electrons. The molecule has 0 aromatic heterocycles. The van der Waals surface area contributed by atoms with Gasteiger partial charge in [-0.05, 0) is 25.0 Å². The van der Waals surface area contributed by atoms with Crippen molar-refractivity contribution in [1.82, 2.24) is 5.43 Å². The van der Waals surface area contributed by atoms with Crippen molar-refractivity contribution in [1.29, 1.82) is 0 Å². The van der Waals surface area contributed by atoms with E-state index < -0.39 is 4.92 Å². The Morgan fingerprint density at radius 1 is 1.19 bits per heavy atom. The van der Waals surface area contributed by atoms with Gasteiger partial charge in [-0.2, -0.15) is 5.10 Å². The molecule has 0 aliphatic rings. The van der Waals surface area contributed by atoms with Crippen LogP contribution < -0.4 is 14.9 Å². The summed E-state index contributed by atoms with van der Waals surface area (Å²) in [5.74, 6) is 0.123. The number of aryl methyl sites for hydroxylation is 2. The maximum atomic E-state index is 12.1. The number of amides is 1. The van der Waals surface area contributed by atoms with Gasteiger partial charge in [0.25, 0.3) is 0 Å². The third-order valence-electron chi connectivity index (χ3n) is 3.97. The van der Waals surface area contributed by atoms with Gasteiger partial charge in [-0.15, -0.1) is 0 Å². The number of carbonyl (C=O) groups is 1. The first kappa shape index (κ1) is 19.9. The molecule has 1 N–H and O–H groups in total. The Kier molecular flexibility index (Phi) is 6.48. The summed E-state index contributed by atoms with van der Waals surface area (Å²) in [5, 5.41) is 15.0. The van der Waals surface area contributed by atoms with Gasteiger partial charge in [0.05, 0.1) is 31.8 Å². The summed E-state index contributed by atoms with van der Waals surface area (Å²) in [6.45, 7) is 3.93. The van der Waals surface area contributed by atoms with E-state index in [9.17, 15) is 14.9 Å². The molecular formula is C19H21N3O5. The third-order valence-corrected chi connectivity index (χ3v) is 3.97. The zero-order valence-electron chi connectivity index (χ0n) is 15.6. The Labute approximate surface area is 157 Å². The Bertz CT molecular complexity index is 893. The van der Waals surface area contributed by atoms with Gasteiger partial charge in [0.2, 0.25) is 11.7 Å². The maximum absolute atomic E-state index is 12.1. The molecule has 8 heteroatoms. The fraction of sp³-hybridized carbons (Fsp3) is 0.263. The number of ether oxygens (including phenoxy) is 2. The minimum atomic E-state index is -0.561. The fourth-order valence-corrected chi connectivity index (χ4v) is 2.58. The number of benzene rings is 2. The summed E-state index contributed by atoms with van der Waals surface area (Å²) in [6.07, 6.45) is 1.48. The third kappa shape index (κ3) is 5.04. The van der Waals surface area contributed by atoms with Crippen LogP contribution in [0.5, 0.6) is 11.5 Å². The second kappa shape index (κ2) is 8.79. The number of nitrogens with zero attached hydrogens (tertiary/aromatic N) is 2. The van der Waals surface area contributed by atoms with E-state index in [1.807, 2.05) is 32.0 Å². The predicted octanol–water partition coefficient (Wildman–Crippen LogP) is 2.92. The number of carbonyl (C=O) groups excluding carboxylic acids is 1. The van der Waals surface area contributed by atoms with Gasteiger partial charge >= 0.3 is 5.69 Å². The second-order valence-corrected chi connectivity index (χ2v) is 5.92. The Balaban J connectivity index is 2.13. The molecule has 0 aliphatic heterocycles. The zero-order chi connectivity index (χ0) is 20.0. The van der Waals surface area contributed by atoms with Gasteiger partial charge in [0.15, 0.2) is 0 Å². The van der Waals surface area contributed by atoms with E-state index in [1.165, 1.54) is 32.6 Å². The van der Waals surface area contributed by atoms with E-state index in [2.05, 4.69) is 10.5 Å². The van der Waals surface area contributed by atoms with E-state index in [4.69, 9.17) is 9.47 Å². The van der Waals surface area contributed by atoms with E-state index in [0.717, 1.165) is 16.7 Å². The Morgan fingerprint density at radius 3 is 2.48 bits per heavy atom. The van der Waals surface area contributed by atoms with Crippen molar-refractivity contribution in [2.45, 2.75) is 20.3 Å². The van der Waals surface area contributed by atoms with Crippen LogP contribution in [0.4, 0.5) is 5.69 Å². The zero-order valence-corrected chi connectivity index (χ0v) is 15.6. The molecule has 142 valence electrons. The average Bonchev–Trinajstić information content (AvgIpc) is 2.63. The molecule has 1 amide bonds. The van der Waals surface area contributed by atoms with Gasteiger partial charge in [-0.1, -0.05) is 23.8 Å². The topological polar surface area (TPSA) is 103 Å². The van der Waals surface area contributed by atoms with Gasteiger partial charge in [-0.3, -0.25) is 14.9 Å². The molecule has 0 unspecified atom stereocenters. The lowest BCUT2D eigenvalue weighted by Crippen LogP contribution is -2.20. The molecular weight excluding hydrogens is 350 g/mol. The lowest BCUT2D eigenvalue weighted by atomic mass is 10.0. The Morgan fingerprint density at radius 2 is 1.89 bits per heavy atom. The van der Waals surface area contributed by atoms with Gasteiger partial charge < -0.3 is 9.47 Å². The molecule has 8 nitrogen and oxygen atoms in total. The molecule has 2 aromatic rings. The van der Waals surface area contributed by atoms with Crippen LogP contribution in [-0.2, 0) is 11.2 Å². The number of nitro groups is 1. The van der Waals surface area contributed by atoms with Crippen LogP contribution in [-0.4, -0.2) is 31.3 Å². The fourth-order valence-electron chi connectivity index (χ4n) is 2.58. The van der Waals surface area contributed by atoms with Crippen molar-refractivity contribution >= 4 is 17.8 Å². The molecule has 0 spiro atoms. The summed E-state index contributed by atoms with van der Waals surface area (Å²) in [7, 11) is 2.76. The van der Waals surface area contributed by atoms with Crippen LogP contribution >= 0.6 is 0 Å². The first-order chi connectivity index (χ1) is 12.8. The van der Waals surface area contributed by atoms with Crippen LogP contribution in [0.3, 0.4) is 0 Å². The number of hydrogen-bond acceptors (Lipinski definition) is 6. The lowest BCUT2D eigenvalue weighted by molar-refractivity contribution is -0.385. The minimum absolute atomic E-state index is 0.0767. The van der Waals surface area contributed by atoms with Crippen molar-refractivity contribution in [3.8, 4) is 11.5 Å². The molecule has 0 bridgehead atoms. The molecule has 2 rings (SSSR count). The highest BCUT2D eigenvalue weighted by Crippen LogP contribution is 2.33. The number of rotatable bonds is 7. The summed E-state index contributed by atoms with van der Waals surface area (Å²) in [6, 6.07) is 8.53. The highest BCUT2D eigenvalue weighted by Gasteiger charge is 2.18. The molecule has 0 saturated heterocycles. The molecule has 27 heavy (non-hydrogen) atoms. The lowest BCUT2D eigenvalue weighted by Gasteiger charge is -2.08.